The van der Waals surface area contributed by atoms with Gasteiger partial charge in [-0.25, -0.2) is 13.1 Å². The lowest BCUT2D eigenvalue weighted by Gasteiger charge is -2.14. The molecule has 0 aliphatic heterocycles. The van der Waals surface area contributed by atoms with Crippen LogP contribution >= 0.6 is 0 Å². The number of rotatable bonds is 7. The summed E-state index contributed by atoms with van der Waals surface area (Å²) >= 11 is 0. The highest BCUT2D eigenvalue weighted by Crippen LogP contribution is 2.22. The zero-order valence-corrected chi connectivity index (χ0v) is 13.6. The minimum Gasteiger partial charge on any atom is -0.496 e. The Balaban J connectivity index is 3.21. The summed E-state index contributed by atoms with van der Waals surface area (Å²) in [4.78, 5) is 12.0. The molecular formula is C14H22N2O4S. The van der Waals surface area contributed by atoms with E-state index in [-0.39, 0.29) is 22.4 Å². The molecule has 1 unspecified atom stereocenters. The summed E-state index contributed by atoms with van der Waals surface area (Å²) in [5.41, 5.74) is 0.200. The average molecular weight is 314 g/mol. The second-order valence-electron chi connectivity index (χ2n) is 4.65. The molecule has 0 fully saturated rings. The summed E-state index contributed by atoms with van der Waals surface area (Å²) in [6.45, 7) is 5.91. The molecule has 118 valence electrons. The molecule has 6 nitrogen and oxygen atoms in total. The van der Waals surface area contributed by atoms with E-state index in [1.807, 2.05) is 6.92 Å². The van der Waals surface area contributed by atoms with Gasteiger partial charge in [0, 0.05) is 12.6 Å². The van der Waals surface area contributed by atoms with E-state index in [0.29, 0.717) is 18.7 Å². The van der Waals surface area contributed by atoms with Gasteiger partial charge >= 0.3 is 0 Å². The lowest BCUT2D eigenvalue weighted by atomic mass is 10.2. The fraction of sp³-hybridized carbons (Fsp3) is 0.500. The van der Waals surface area contributed by atoms with Crippen molar-refractivity contribution >= 4 is 15.9 Å². The second-order valence-corrected chi connectivity index (χ2v) is 6.37. The van der Waals surface area contributed by atoms with E-state index in [1.165, 1.54) is 25.3 Å². The van der Waals surface area contributed by atoms with E-state index < -0.39 is 10.0 Å². The summed E-state index contributed by atoms with van der Waals surface area (Å²) < 4.78 is 32.2. The topological polar surface area (TPSA) is 84.5 Å². The van der Waals surface area contributed by atoms with E-state index in [2.05, 4.69) is 10.0 Å². The maximum Gasteiger partial charge on any atom is 0.255 e. The Labute approximate surface area is 125 Å². The normalized spacial score (nSPS) is 12.8. The molecule has 7 heteroatoms. The van der Waals surface area contributed by atoms with Crippen molar-refractivity contribution in [2.24, 2.45) is 0 Å². The lowest BCUT2D eigenvalue weighted by molar-refractivity contribution is 0.0952. The maximum atomic E-state index is 12.3. The van der Waals surface area contributed by atoms with E-state index in [0.717, 1.165) is 0 Å². The number of amides is 1. The van der Waals surface area contributed by atoms with Gasteiger partial charge in [-0.05, 0) is 38.5 Å². The Morgan fingerprint density at radius 3 is 2.52 bits per heavy atom. The van der Waals surface area contributed by atoms with E-state index in [9.17, 15) is 13.2 Å². The molecule has 1 atom stereocenters. The molecule has 0 bridgehead atoms. The zero-order valence-electron chi connectivity index (χ0n) is 12.8. The number of carbonyl (C=O) groups is 1. The molecule has 1 aromatic carbocycles. The van der Waals surface area contributed by atoms with Gasteiger partial charge in [-0.1, -0.05) is 6.92 Å². The van der Waals surface area contributed by atoms with E-state index in [1.54, 1.807) is 13.8 Å². The molecule has 1 aromatic rings. The van der Waals surface area contributed by atoms with Crippen LogP contribution in [0, 0.1) is 0 Å². The predicted octanol–water partition coefficient (Wildman–Crippen LogP) is 1.52. The van der Waals surface area contributed by atoms with Gasteiger partial charge in [-0.2, -0.15) is 0 Å². The van der Waals surface area contributed by atoms with Crippen molar-refractivity contribution in [2.45, 2.75) is 38.1 Å². The van der Waals surface area contributed by atoms with Crippen LogP contribution in [0.4, 0.5) is 0 Å². The molecule has 0 saturated heterocycles. The summed E-state index contributed by atoms with van der Waals surface area (Å²) in [5.74, 6) is -0.0293. The molecule has 0 heterocycles. The molecule has 1 rings (SSSR count). The van der Waals surface area contributed by atoms with Crippen molar-refractivity contribution in [3.8, 4) is 5.75 Å². The minimum atomic E-state index is -3.65. The summed E-state index contributed by atoms with van der Waals surface area (Å²) in [6.07, 6.45) is 0.679. The summed E-state index contributed by atoms with van der Waals surface area (Å²) in [7, 11) is -2.22. The number of carbonyl (C=O) groups excluding carboxylic acids is 1. The maximum absolute atomic E-state index is 12.3. The van der Waals surface area contributed by atoms with Gasteiger partial charge < -0.3 is 10.1 Å². The quantitative estimate of drug-likeness (QED) is 0.799. The van der Waals surface area contributed by atoms with Crippen LogP contribution in [0.3, 0.4) is 0 Å². The van der Waals surface area contributed by atoms with Crippen molar-refractivity contribution in [2.75, 3.05) is 13.7 Å². The fourth-order valence-corrected chi connectivity index (χ4v) is 3.06. The van der Waals surface area contributed by atoms with Crippen molar-refractivity contribution in [3.05, 3.63) is 23.8 Å². The first-order valence-corrected chi connectivity index (χ1v) is 8.32. The van der Waals surface area contributed by atoms with Gasteiger partial charge in [-0.3, -0.25) is 4.79 Å². The summed E-state index contributed by atoms with van der Waals surface area (Å²) in [6, 6.07) is 4.06. The van der Waals surface area contributed by atoms with E-state index >= 15 is 0 Å². The molecular weight excluding hydrogens is 292 g/mol. The number of nitrogens with one attached hydrogen (secondary N) is 2. The lowest BCUT2D eigenvalue weighted by Crippen LogP contribution is -2.32. The highest BCUT2D eigenvalue weighted by atomic mass is 32.2. The van der Waals surface area contributed by atoms with Gasteiger partial charge in [0.05, 0.1) is 17.6 Å². The first-order chi connectivity index (χ1) is 9.85. The van der Waals surface area contributed by atoms with Crippen LogP contribution in [-0.4, -0.2) is 34.0 Å². The molecule has 0 radical (unpaired) electrons. The van der Waals surface area contributed by atoms with Crippen LogP contribution in [-0.2, 0) is 10.0 Å². The Hall–Kier alpha value is -1.60. The first kappa shape index (κ1) is 17.5. The average Bonchev–Trinajstić information content (AvgIpc) is 2.46. The largest absolute Gasteiger partial charge is 0.496 e. The molecule has 0 aliphatic rings. The number of sulfonamides is 1. The van der Waals surface area contributed by atoms with Crippen molar-refractivity contribution < 1.29 is 17.9 Å². The monoisotopic (exact) mass is 314 g/mol. The SMILES string of the molecule is CCNC(=O)c1cc(S(=O)(=O)NC(C)CC)ccc1OC. The third-order valence-corrected chi connectivity index (χ3v) is 4.62. The molecule has 0 spiro atoms. The van der Waals surface area contributed by atoms with Gasteiger partial charge in [0.15, 0.2) is 0 Å². The van der Waals surface area contributed by atoms with Crippen LogP contribution in [0.1, 0.15) is 37.6 Å². The smallest absolute Gasteiger partial charge is 0.255 e. The number of hydrogen-bond acceptors (Lipinski definition) is 4. The minimum absolute atomic E-state index is 0.0462. The Bertz CT molecular complexity index is 599. The Morgan fingerprint density at radius 2 is 2.00 bits per heavy atom. The molecule has 1 amide bonds. The highest BCUT2D eigenvalue weighted by molar-refractivity contribution is 7.89. The standard InChI is InChI=1S/C14H22N2O4S/c1-5-10(3)16-21(18,19)11-7-8-13(20-4)12(9-11)14(17)15-6-2/h7-10,16H,5-6H2,1-4H3,(H,15,17). The Kier molecular flexibility index (Phi) is 6.17. The number of hydrogen-bond donors (Lipinski definition) is 2. The third kappa shape index (κ3) is 4.44. The van der Waals surface area contributed by atoms with Crippen LogP contribution < -0.4 is 14.8 Å². The van der Waals surface area contributed by atoms with E-state index in [4.69, 9.17) is 4.74 Å². The Morgan fingerprint density at radius 1 is 1.33 bits per heavy atom. The van der Waals surface area contributed by atoms with Gasteiger partial charge in [0.25, 0.3) is 5.91 Å². The molecule has 2 N–H and O–H groups in total. The van der Waals surface area contributed by atoms with Crippen LogP contribution in [0.2, 0.25) is 0 Å². The number of ether oxygens (including phenoxy) is 1. The van der Waals surface area contributed by atoms with Gasteiger partial charge in [-0.15, -0.1) is 0 Å². The van der Waals surface area contributed by atoms with Crippen LogP contribution in [0.25, 0.3) is 0 Å². The van der Waals surface area contributed by atoms with Gasteiger partial charge in [0.2, 0.25) is 10.0 Å². The predicted molar refractivity (Wildman–Crippen MR) is 81.1 cm³/mol. The fourth-order valence-electron chi connectivity index (χ4n) is 1.70. The molecule has 0 aliphatic carbocycles. The van der Waals surface area contributed by atoms with Gasteiger partial charge in [0.1, 0.15) is 5.75 Å². The van der Waals surface area contributed by atoms with Crippen molar-refractivity contribution in [1.82, 2.24) is 10.0 Å². The summed E-state index contributed by atoms with van der Waals surface area (Å²) in [5, 5.41) is 2.63. The number of benzene rings is 1. The van der Waals surface area contributed by atoms with Crippen molar-refractivity contribution in [3.63, 3.8) is 0 Å². The van der Waals surface area contributed by atoms with Crippen LogP contribution in [0.15, 0.2) is 23.1 Å². The van der Waals surface area contributed by atoms with Crippen molar-refractivity contribution in [1.29, 1.82) is 0 Å². The molecule has 0 saturated carbocycles. The third-order valence-electron chi connectivity index (χ3n) is 3.03. The highest BCUT2D eigenvalue weighted by Gasteiger charge is 2.20. The zero-order chi connectivity index (χ0) is 16.0. The number of methoxy groups -OCH3 is 1. The molecule has 21 heavy (non-hydrogen) atoms. The molecule has 0 aromatic heterocycles. The van der Waals surface area contributed by atoms with Crippen LogP contribution in [0.5, 0.6) is 5.75 Å². The first-order valence-electron chi connectivity index (χ1n) is 6.84. The second kappa shape index (κ2) is 7.42.